The summed E-state index contributed by atoms with van der Waals surface area (Å²) in [6.07, 6.45) is 2.74. The quantitative estimate of drug-likeness (QED) is 0.329. The molecule has 0 atom stereocenters. The maximum absolute atomic E-state index is 12.8. The van der Waals surface area contributed by atoms with Crippen LogP contribution >= 0.6 is 15.9 Å². The van der Waals surface area contributed by atoms with E-state index in [0.29, 0.717) is 15.8 Å². The molecule has 0 spiro atoms. The second-order valence-electron chi connectivity index (χ2n) is 6.42. The molecule has 0 unspecified atom stereocenters. The number of methoxy groups -OCH3 is 1. The van der Waals surface area contributed by atoms with Gasteiger partial charge in [0.05, 0.1) is 31.0 Å². The molecule has 1 aliphatic rings. The Bertz CT molecular complexity index is 1080. The van der Waals surface area contributed by atoms with Crippen LogP contribution in [0, 0.1) is 0 Å². The van der Waals surface area contributed by atoms with Gasteiger partial charge in [-0.25, -0.2) is 9.59 Å². The van der Waals surface area contributed by atoms with Gasteiger partial charge in [-0.3, -0.25) is 19.8 Å². The van der Waals surface area contributed by atoms with E-state index in [-0.39, 0.29) is 36.8 Å². The summed E-state index contributed by atoms with van der Waals surface area (Å²) >= 11 is 3.34. The van der Waals surface area contributed by atoms with Crippen LogP contribution in [-0.2, 0) is 25.7 Å². The third kappa shape index (κ3) is 5.17. The highest BCUT2D eigenvalue weighted by Crippen LogP contribution is 2.37. The first kappa shape index (κ1) is 23.1. The monoisotopic (exact) mass is 506 g/mol. The van der Waals surface area contributed by atoms with Crippen LogP contribution in [0.3, 0.4) is 0 Å². The molecule has 4 amide bonds. The van der Waals surface area contributed by atoms with E-state index in [1.165, 1.54) is 25.5 Å². The Morgan fingerprint density at radius 3 is 2.72 bits per heavy atom. The van der Waals surface area contributed by atoms with E-state index in [1.807, 2.05) is 0 Å². The first-order chi connectivity index (χ1) is 15.3. The molecule has 2 heterocycles. The zero-order chi connectivity index (χ0) is 23.3. The van der Waals surface area contributed by atoms with Gasteiger partial charge in [-0.15, -0.1) is 0 Å². The van der Waals surface area contributed by atoms with E-state index in [0.717, 1.165) is 4.90 Å². The van der Waals surface area contributed by atoms with E-state index in [1.54, 1.807) is 25.1 Å². The standard InChI is InChI=1S/C21H19BrN2O8/c1-3-30-17(25)11-32-18-15(22)8-12(9-16(18)29-2)7-14-19(26)23-21(28)24(20(14)27)10-13-5-4-6-31-13/h4-9H,3,10-11H2,1-2H3,(H,23,26,28)/b14-7+. The van der Waals surface area contributed by atoms with Crippen molar-refractivity contribution in [3.63, 3.8) is 0 Å². The minimum absolute atomic E-state index is 0.129. The molecule has 1 N–H and O–H groups in total. The number of imide groups is 2. The zero-order valence-electron chi connectivity index (χ0n) is 17.2. The highest BCUT2D eigenvalue weighted by Gasteiger charge is 2.36. The van der Waals surface area contributed by atoms with E-state index in [2.05, 4.69) is 21.2 Å². The number of rotatable bonds is 8. The highest BCUT2D eigenvalue weighted by molar-refractivity contribution is 9.10. The van der Waals surface area contributed by atoms with Gasteiger partial charge in [-0.2, -0.15) is 0 Å². The lowest BCUT2D eigenvalue weighted by atomic mass is 10.1. The van der Waals surface area contributed by atoms with Crippen molar-refractivity contribution in [1.29, 1.82) is 0 Å². The third-order valence-corrected chi connectivity index (χ3v) is 4.87. The fraction of sp³-hybridized carbons (Fsp3) is 0.238. The molecule has 0 aliphatic carbocycles. The fourth-order valence-electron chi connectivity index (χ4n) is 2.86. The molecule has 11 heteroatoms. The van der Waals surface area contributed by atoms with Crippen molar-refractivity contribution < 1.29 is 37.8 Å². The van der Waals surface area contributed by atoms with E-state index in [9.17, 15) is 19.2 Å². The van der Waals surface area contributed by atoms with Crippen LogP contribution in [0.2, 0.25) is 0 Å². The van der Waals surface area contributed by atoms with Crippen LogP contribution in [0.4, 0.5) is 4.79 Å². The molecule has 1 aromatic heterocycles. The van der Waals surface area contributed by atoms with Gasteiger partial charge in [0.25, 0.3) is 11.8 Å². The minimum Gasteiger partial charge on any atom is -0.493 e. The van der Waals surface area contributed by atoms with Gasteiger partial charge in [-0.05, 0) is 58.8 Å². The average molecular weight is 507 g/mol. The normalized spacial score (nSPS) is 15.0. The van der Waals surface area contributed by atoms with Gasteiger partial charge in [-0.1, -0.05) is 0 Å². The van der Waals surface area contributed by atoms with Crippen LogP contribution < -0.4 is 14.8 Å². The van der Waals surface area contributed by atoms with E-state index >= 15 is 0 Å². The molecular weight excluding hydrogens is 488 g/mol. The summed E-state index contributed by atoms with van der Waals surface area (Å²) in [6, 6.07) is 5.49. The zero-order valence-corrected chi connectivity index (χ0v) is 18.8. The maximum atomic E-state index is 12.8. The summed E-state index contributed by atoms with van der Waals surface area (Å²) in [4.78, 5) is 49.7. The summed E-state index contributed by atoms with van der Waals surface area (Å²) < 4.78 is 21.2. The van der Waals surface area contributed by atoms with Crippen molar-refractivity contribution in [2.75, 3.05) is 20.3 Å². The summed E-state index contributed by atoms with van der Waals surface area (Å²) in [5, 5.41) is 2.14. The number of nitrogens with one attached hydrogen (secondary N) is 1. The van der Waals surface area contributed by atoms with Crippen molar-refractivity contribution in [1.82, 2.24) is 10.2 Å². The Balaban J connectivity index is 1.87. The number of urea groups is 1. The summed E-state index contributed by atoms with van der Waals surface area (Å²) in [5.41, 5.74) is 0.174. The topological polar surface area (TPSA) is 124 Å². The number of amides is 4. The number of carbonyl (C=O) groups is 4. The van der Waals surface area contributed by atoms with Crippen LogP contribution in [-0.4, -0.2) is 49.0 Å². The minimum atomic E-state index is -0.838. The average Bonchev–Trinajstić information content (AvgIpc) is 3.26. The first-order valence-electron chi connectivity index (χ1n) is 9.41. The first-order valence-corrected chi connectivity index (χ1v) is 10.2. The maximum Gasteiger partial charge on any atom is 0.344 e. The number of hydrogen-bond acceptors (Lipinski definition) is 8. The molecule has 2 aromatic rings. The number of esters is 1. The molecule has 32 heavy (non-hydrogen) atoms. The lowest BCUT2D eigenvalue weighted by molar-refractivity contribution is -0.145. The number of halogens is 1. The lowest BCUT2D eigenvalue weighted by Crippen LogP contribution is -2.53. The van der Waals surface area contributed by atoms with Crippen LogP contribution in [0.1, 0.15) is 18.2 Å². The molecule has 1 saturated heterocycles. The Morgan fingerprint density at radius 1 is 1.28 bits per heavy atom. The van der Waals surface area contributed by atoms with Crippen molar-refractivity contribution in [2.24, 2.45) is 0 Å². The number of furan rings is 1. The largest absolute Gasteiger partial charge is 0.493 e. The number of barbiturate groups is 1. The summed E-state index contributed by atoms with van der Waals surface area (Å²) in [7, 11) is 1.40. The number of carbonyl (C=O) groups excluding carboxylic acids is 4. The number of hydrogen-bond donors (Lipinski definition) is 1. The van der Waals surface area contributed by atoms with Crippen molar-refractivity contribution in [3.05, 3.63) is 51.9 Å². The lowest BCUT2D eigenvalue weighted by Gasteiger charge is -2.25. The van der Waals surface area contributed by atoms with Crippen molar-refractivity contribution >= 4 is 45.8 Å². The molecule has 0 radical (unpaired) electrons. The predicted octanol–water partition coefficient (Wildman–Crippen LogP) is 2.65. The van der Waals surface area contributed by atoms with Gasteiger partial charge in [0.1, 0.15) is 11.3 Å². The van der Waals surface area contributed by atoms with Crippen LogP contribution in [0.15, 0.2) is 45.0 Å². The summed E-state index contributed by atoms with van der Waals surface area (Å²) in [6.45, 7) is 1.45. The molecule has 1 fully saturated rings. The van der Waals surface area contributed by atoms with Crippen molar-refractivity contribution in [3.8, 4) is 11.5 Å². The smallest absolute Gasteiger partial charge is 0.344 e. The second kappa shape index (κ2) is 10.1. The molecule has 3 rings (SSSR count). The van der Waals surface area contributed by atoms with Gasteiger partial charge < -0.3 is 18.6 Å². The summed E-state index contributed by atoms with van der Waals surface area (Å²) in [5.74, 6) is -1.26. The number of ether oxygens (including phenoxy) is 3. The van der Waals surface area contributed by atoms with Crippen LogP contribution in [0.25, 0.3) is 6.08 Å². The molecule has 0 saturated carbocycles. The second-order valence-corrected chi connectivity index (χ2v) is 7.27. The van der Waals surface area contributed by atoms with Crippen molar-refractivity contribution in [2.45, 2.75) is 13.5 Å². The van der Waals surface area contributed by atoms with E-state index < -0.39 is 23.8 Å². The highest BCUT2D eigenvalue weighted by atomic mass is 79.9. The fourth-order valence-corrected chi connectivity index (χ4v) is 3.43. The van der Waals surface area contributed by atoms with Gasteiger partial charge in [0, 0.05) is 0 Å². The SMILES string of the molecule is CCOC(=O)COc1c(Br)cc(/C=C2\C(=O)NC(=O)N(Cc3ccco3)C2=O)cc1OC. The Labute approximate surface area is 191 Å². The van der Waals surface area contributed by atoms with Gasteiger partial charge in [0.2, 0.25) is 0 Å². The molecule has 1 aromatic carbocycles. The van der Waals surface area contributed by atoms with Crippen LogP contribution in [0.5, 0.6) is 11.5 Å². The number of benzene rings is 1. The van der Waals surface area contributed by atoms with Gasteiger partial charge in [0.15, 0.2) is 18.1 Å². The Kier molecular flexibility index (Phi) is 7.31. The Hall–Kier alpha value is -3.60. The van der Waals surface area contributed by atoms with E-state index in [4.69, 9.17) is 18.6 Å². The molecule has 0 bridgehead atoms. The number of nitrogens with zero attached hydrogens (tertiary/aromatic N) is 1. The predicted molar refractivity (Wildman–Crippen MR) is 114 cm³/mol. The molecular formula is C21H19BrN2O8. The molecule has 1 aliphatic heterocycles. The van der Waals surface area contributed by atoms with Gasteiger partial charge >= 0.3 is 12.0 Å². The third-order valence-electron chi connectivity index (χ3n) is 4.28. The molecule has 168 valence electrons. The Morgan fingerprint density at radius 2 is 2.06 bits per heavy atom. The molecule has 10 nitrogen and oxygen atoms in total.